The second-order valence-corrected chi connectivity index (χ2v) is 10.8. The first-order valence-corrected chi connectivity index (χ1v) is 13.5. The van der Waals surface area contributed by atoms with Crippen LogP contribution in [-0.4, -0.2) is 38.1 Å². The van der Waals surface area contributed by atoms with Crippen LogP contribution < -0.4 is 13.8 Å². The highest BCUT2D eigenvalue weighted by atomic mass is 32.2. The maximum Gasteiger partial charge on any atom is 0.303 e. The van der Waals surface area contributed by atoms with Gasteiger partial charge in [0.15, 0.2) is 0 Å². The van der Waals surface area contributed by atoms with Gasteiger partial charge in [-0.25, -0.2) is 8.42 Å². The minimum atomic E-state index is -3.90. The molecule has 0 spiro atoms. The predicted octanol–water partition coefficient (Wildman–Crippen LogP) is 5.71. The summed E-state index contributed by atoms with van der Waals surface area (Å²) in [4.78, 5) is 15.6. The van der Waals surface area contributed by atoms with E-state index in [0.717, 1.165) is 16.7 Å². The zero-order valence-corrected chi connectivity index (χ0v) is 21.5. The molecule has 9 heteroatoms. The standard InChI is InChI=1S/C29H26N2O6S/c1-36-23-6-8-24(9-7-23)37-25-10-12-26(13-11-25)38(34,35)31-19-22(5-15-29(32)33)27-17-20(4-14-28(27)31)21-3-2-16-30-18-21/h2-4,6-14,16-18,22H,5,15,19H2,1H3,(H,32,33). The summed E-state index contributed by atoms with van der Waals surface area (Å²) >= 11 is 0. The van der Waals surface area contributed by atoms with Crippen LogP contribution in [0.25, 0.3) is 11.1 Å². The van der Waals surface area contributed by atoms with E-state index in [9.17, 15) is 18.3 Å². The van der Waals surface area contributed by atoms with Crippen molar-refractivity contribution in [2.45, 2.75) is 23.7 Å². The molecule has 1 aliphatic rings. The fourth-order valence-corrected chi connectivity index (χ4v) is 6.11. The molecule has 1 aromatic heterocycles. The first-order chi connectivity index (χ1) is 18.3. The van der Waals surface area contributed by atoms with Crippen LogP contribution in [0.4, 0.5) is 5.69 Å². The summed E-state index contributed by atoms with van der Waals surface area (Å²) in [6.45, 7) is 0.172. The molecular formula is C29H26N2O6S. The van der Waals surface area contributed by atoms with Crippen LogP contribution in [0.2, 0.25) is 0 Å². The number of aliphatic carboxylic acids is 1. The monoisotopic (exact) mass is 530 g/mol. The number of hydrogen-bond donors (Lipinski definition) is 1. The van der Waals surface area contributed by atoms with E-state index in [0.29, 0.717) is 29.4 Å². The molecule has 0 aliphatic carbocycles. The number of pyridine rings is 1. The molecule has 1 atom stereocenters. The second kappa shape index (κ2) is 10.5. The number of carboxylic acids is 1. The van der Waals surface area contributed by atoms with E-state index >= 15 is 0 Å². The van der Waals surface area contributed by atoms with Crippen molar-refractivity contribution in [1.82, 2.24) is 4.98 Å². The fourth-order valence-electron chi connectivity index (χ4n) is 4.58. The highest BCUT2D eigenvalue weighted by Crippen LogP contribution is 2.43. The van der Waals surface area contributed by atoms with Crippen molar-refractivity contribution in [3.63, 3.8) is 0 Å². The number of carbonyl (C=O) groups is 1. The molecule has 194 valence electrons. The summed E-state index contributed by atoms with van der Waals surface area (Å²) in [5.74, 6) is 0.643. The third-order valence-electron chi connectivity index (χ3n) is 6.53. The zero-order valence-electron chi connectivity index (χ0n) is 20.7. The Morgan fingerprint density at radius 1 is 0.974 bits per heavy atom. The molecule has 4 aromatic rings. The Labute approximate surface area is 221 Å². The highest BCUT2D eigenvalue weighted by Gasteiger charge is 2.37. The Balaban J connectivity index is 1.42. The molecule has 38 heavy (non-hydrogen) atoms. The zero-order chi connectivity index (χ0) is 26.7. The molecule has 0 saturated carbocycles. The van der Waals surface area contributed by atoms with Crippen LogP contribution in [0.3, 0.4) is 0 Å². The Morgan fingerprint density at radius 2 is 1.66 bits per heavy atom. The Hall–Kier alpha value is -4.37. The maximum atomic E-state index is 13.7. The minimum absolute atomic E-state index is 0.0491. The second-order valence-electron chi connectivity index (χ2n) is 8.93. The number of ether oxygens (including phenoxy) is 2. The molecule has 0 bridgehead atoms. The van der Waals surface area contributed by atoms with Gasteiger partial charge in [0.1, 0.15) is 17.2 Å². The fraction of sp³-hybridized carbons (Fsp3) is 0.172. The van der Waals surface area contributed by atoms with Crippen molar-refractivity contribution in [3.8, 4) is 28.4 Å². The molecule has 0 saturated heterocycles. The van der Waals surface area contributed by atoms with Gasteiger partial charge in [-0.3, -0.25) is 14.1 Å². The van der Waals surface area contributed by atoms with Crippen LogP contribution in [0.1, 0.15) is 24.3 Å². The molecule has 1 N–H and O–H groups in total. The first-order valence-electron chi connectivity index (χ1n) is 12.1. The lowest BCUT2D eigenvalue weighted by atomic mass is 9.93. The van der Waals surface area contributed by atoms with Gasteiger partial charge in [-0.2, -0.15) is 0 Å². The van der Waals surface area contributed by atoms with Crippen molar-refractivity contribution >= 4 is 21.7 Å². The number of aromatic nitrogens is 1. The molecule has 2 heterocycles. The normalized spacial score (nSPS) is 14.7. The Morgan fingerprint density at radius 3 is 2.29 bits per heavy atom. The van der Waals surface area contributed by atoms with Crippen molar-refractivity contribution < 1.29 is 27.8 Å². The molecule has 1 unspecified atom stereocenters. The van der Waals surface area contributed by atoms with Crippen molar-refractivity contribution in [3.05, 3.63) is 96.8 Å². The largest absolute Gasteiger partial charge is 0.497 e. The van der Waals surface area contributed by atoms with E-state index in [1.807, 2.05) is 24.3 Å². The van der Waals surface area contributed by atoms with Gasteiger partial charge in [-0.1, -0.05) is 12.1 Å². The Kier molecular flexibility index (Phi) is 7.02. The molecule has 1 aliphatic heterocycles. The third kappa shape index (κ3) is 5.19. The van der Waals surface area contributed by atoms with Gasteiger partial charge >= 0.3 is 5.97 Å². The van der Waals surface area contributed by atoms with Gasteiger partial charge in [-0.15, -0.1) is 0 Å². The van der Waals surface area contributed by atoms with E-state index in [4.69, 9.17) is 9.47 Å². The van der Waals surface area contributed by atoms with Gasteiger partial charge in [0, 0.05) is 31.3 Å². The number of methoxy groups -OCH3 is 1. The smallest absolute Gasteiger partial charge is 0.303 e. The average molecular weight is 531 g/mol. The lowest BCUT2D eigenvalue weighted by molar-refractivity contribution is -0.137. The lowest BCUT2D eigenvalue weighted by Crippen LogP contribution is -2.30. The molecule has 5 rings (SSSR count). The van der Waals surface area contributed by atoms with Crippen LogP contribution >= 0.6 is 0 Å². The van der Waals surface area contributed by atoms with Gasteiger partial charge in [-0.05, 0) is 89.8 Å². The number of sulfonamides is 1. The Bertz CT molecular complexity index is 1540. The number of anilines is 1. The lowest BCUT2D eigenvalue weighted by Gasteiger charge is -2.20. The SMILES string of the molecule is COc1ccc(Oc2ccc(S(=O)(=O)N3CC(CCC(=O)O)c4cc(-c5cccnc5)ccc43)cc2)cc1. The molecule has 8 nitrogen and oxygen atoms in total. The summed E-state index contributed by atoms with van der Waals surface area (Å²) in [5.41, 5.74) is 3.18. The first kappa shape index (κ1) is 25.3. The van der Waals surface area contributed by atoms with E-state index in [2.05, 4.69) is 4.98 Å². The van der Waals surface area contributed by atoms with Gasteiger partial charge in [0.25, 0.3) is 10.0 Å². The predicted molar refractivity (Wildman–Crippen MR) is 143 cm³/mol. The summed E-state index contributed by atoms with van der Waals surface area (Å²) < 4.78 is 39.8. The van der Waals surface area contributed by atoms with Crippen LogP contribution in [0.15, 0.2) is 96.2 Å². The van der Waals surface area contributed by atoms with Crippen LogP contribution in [0.5, 0.6) is 17.2 Å². The summed E-state index contributed by atoms with van der Waals surface area (Å²) in [6.07, 6.45) is 3.72. The highest BCUT2D eigenvalue weighted by molar-refractivity contribution is 7.92. The molecule has 0 fully saturated rings. The molecule has 3 aromatic carbocycles. The molecule has 0 radical (unpaired) electrons. The average Bonchev–Trinajstić information content (AvgIpc) is 3.32. The van der Waals surface area contributed by atoms with E-state index in [1.165, 1.54) is 16.4 Å². The quantitative estimate of drug-likeness (QED) is 0.296. The summed E-state index contributed by atoms with van der Waals surface area (Å²) in [5, 5.41) is 9.26. The van der Waals surface area contributed by atoms with Gasteiger partial charge in [0.2, 0.25) is 0 Å². The number of benzene rings is 3. The summed E-state index contributed by atoms with van der Waals surface area (Å²) in [7, 11) is -2.31. The summed E-state index contributed by atoms with van der Waals surface area (Å²) in [6, 6.07) is 22.7. The van der Waals surface area contributed by atoms with Crippen molar-refractivity contribution in [2.75, 3.05) is 18.0 Å². The minimum Gasteiger partial charge on any atom is -0.497 e. The van der Waals surface area contributed by atoms with Gasteiger partial charge in [0.05, 0.1) is 17.7 Å². The molecule has 0 amide bonds. The number of nitrogens with zero attached hydrogens (tertiary/aromatic N) is 2. The van der Waals surface area contributed by atoms with Gasteiger partial charge < -0.3 is 14.6 Å². The number of fused-ring (bicyclic) bond motifs is 1. The topological polar surface area (TPSA) is 106 Å². The van der Waals surface area contributed by atoms with Crippen LogP contribution in [0, 0.1) is 0 Å². The maximum absolute atomic E-state index is 13.7. The van der Waals surface area contributed by atoms with E-state index in [1.54, 1.807) is 62.0 Å². The van der Waals surface area contributed by atoms with Crippen LogP contribution in [-0.2, 0) is 14.8 Å². The number of hydrogen-bond acceptors (Lipinski definition) is 6. The van der Waals surface area contributed by atoms with Crippen molar-refractivity contribution in [1.29, 1.82) is 0 Å². The van der Waals surface area contributed by atoms with E-state index in [-0.39, 0.29) is 23.8 Å². The van der Waals surface area contributed by atoms with E-state index < -0.39 is 16.0 Å². The molecular weight excluding hydrogens is 504 g/mol. The number of carboxylic acid groups (broad SMARTS) is 1. The van der Waals surface area contributed by atoms with Crippen molar-refractivity contribution in [2.24, 2.45) is 0 Å². The number of rotatable bonds is 9. The third-order valence-corrected chi connectivity index (χ3v) is 8.32.